The summed E-state index contributed by atoms with van der Waals surface area (Å²) in [6.07, 6.45) is 0.856. The van der Waals surface area contributed by atoms with Gasteiger partial charge >= 0.3 is 0 Å². The van der Waals surface area contributed by atoms with Crippen LogP contribution in [0, 0.1) is 24.0 Å². The summed E-state index contributed by atoms with van der Waals surface area (Å²) in [5.41, 5.74) is 4.59. The first-order chi connectivity index (χ1) is 10.0. The molecule has 0 saturated heterocycles. The van der Waals surface area contributed by atoms with Crippen molar-refractivity contribution in [3.63, 3.8) is 0 Å². The summed E-state index contributed by atoms with van der Waals surface area (Å²) in [5.74, 6) is 0. The molecule has 4 heteroatoms. The Morgan fingerprint density at radius 1 is 1.19 bits per heavy atom. The average molecular weight is 284 g/mol. The highest BCUT2D eigenvalue weighted by molar-refractivity contribution is 5.55. The van der Waals surface area contributed by atoms with Gasteiger partial charge in [0, 0.05) is 17.8 Å². The van der Waals surface area contributed by atoms with Gasteiger partial charge in [-0.25, -0.2) is 0 Å². The zero-order valence-electron chi connectivity index (χ0n) is 12.6. The minimum absolute atomic E-state index is 0.0606. The molecular formula is C17H20N2O2. The maximum absolute atomic E-state index is 10.9. The third-order valence-electron chi connectivity index (χ3n) is 3.83. The second-order valence-corrected chi connectivity index (χ2v) is 5.20. The van der Waals surface area contributed by atoms with E-state index < -0.39 is 0 Å². The van der Waals surface area contributed by atoms with E-state index in [1.54, 1.807) is 12.1 Å². The predicted octanol–water partition coefficient (Wildman–Crippen LogP) is 4.77. The maximum atomic E-state index is 10.9. The largest absolute Gasteiger partial charge is 0.378 e. The number of benzene rings is 2. The van der Waals surface area contributed by atoms with Gasteiger partial charge in [0.15, 0.2) is 0 Å². The summed E-state index contributed by atoms with van der Waals surface area (Å²) in [5, 5.41) is 14.4. The third-order valence-corrected chi connectivity index (χ3v) is 3.83. The van der Waals surface area contributed by atoms with E-state index in [0.717, 1.165) is 17.7 Å². The molecule has 0 bridgehead atoms. The zero-order valence-corrected chi connectivity index (χ0v) is 12.6. The van der Waals surface area contributed by atoms with Crippen LogP contribution in [0.1, 0.15) is 36.1 Å². The highest BCUT2D eigenvalue weighted by atomic mass is 16.6. The normalized spacial score (nSPS) is 12.0. The van der Waals surface area contributed by atoms with Gasteiger partial charge in [0.2, 0.25) is 0 Å². The van der Waals surface area contributed by atoms with E-state index in [4.69, 9.17) is 0 Å². The van der Waals surface area contributed by atoms with Crippen LogP contribution in [0.25, 0.3) is 0 Å². The lowest BCUT2D eigenvalue weighted by Crippen LogP contribution is -2.11. The Morgan fingerprint density at radius 2 is 1.90 bits per heavy atom. The number of hydrogen-bond donors (Lipinski definition) is 1. The first-order valence-electron chi connectivity index (χ1n) is 7.10. The first-order valence-corrected chi connectivity index (χ1v) is 7.10. The van der Waals surface area contributed by atoms with Crippen molar-refractivity contribution in [1.29, 1.82) is 0 Å². The zero-order chi connectivity index (χ0) is 15.4. The molecule has 0 aromatic heterocycles. The molecule has 1 N–H and O–H groups in total. The summed E-state index contributed by atoms with van der Waals surface area (Å²) in [7, 11) is 0. The van der Waals surface area contributed by atoms with Crippen molar-refractivity contribution < 1.29 is 4.92 Å². The van der Waals surface area contributed by atoms with Gasteiger partial charge < -0.3 is 5.32 Å². The monoisotopic (exact) mass is 284 g/mol. The lowest BCUT2D eigenvalue weighted by molar-refractivity contribution is -0.384. The fraction of sp³-hybridized carbons (Fsp3) is 0.294. The summed E-state index contributed by atoms with van der Waals surface area (Å²) >= 11 is 0. The average Bonchev–Trinajstić information content (AvgIpc) is 2.49. The number of aryl methyl sites for hydroxylation is 1. The van der Waals surface area contributed by atoms with Gasteiger partial charge in [-0.05, 0) is 43.0 Å². The van der Waals surface area contributed by atoms with Gasteiger partial charge in [0.1, 0.15) is 0 Å². The van der Waals surface area contributed by atoms with E-state index in [1.807, 2.05) is 18.2 Å². The number of nitro groups is 1. The van der Waals surface area contributed by atoms with Gasteiger partial charge in [0.05, 0.1) is 11.0 Å². The van der Waals surface area contributed by atoms with Crippen molar-refractivity contribution in [2.45, 2.75) is 33.2 Å². The van der Waals surface area contributed by atoms with Gasteiger partial charge in [0.25, 0.3) is 5.69 Å². The molecule has 1 unspecified atom stereocenters. The van der Waals surface area contributed by atoms with Gasteiger partial charge in [-0.3, -0.25) is 10.1 Å². The molecule has 2 aromatic rings. The predicted molar refractivity (Wildman–Crippen MR) is 85.7 cm³/mol. The van der Waals surface area contributed by atoms with Crippen molar-refractivity contribution >= 4 is 11.4 Å². The van der Waals surface area contributed by atoms with Crippen LogP contribution in [0.3, 0.4) is 0 Å². The Morgan fingerprint density at radius 3 is 2.57 bits per heavy atom. The molecule has 0 aliphatic heterocycles. The van der Waals surface area contributed by atoms with Crippen molar-refractivity contribution in [3.8, 4) is 0 Å². The van der Waals surface area contributed by atoms with Crippen molar-refractivity contribution in [2.24, 2.45) is 0 Å². The highest BCUT2D eigenvalue weighted by Crippen LogP contribution is 2.28. The van der Waals surface area contributed by atoms with Crippen LogP contribution in [0.5, 0.6) is 0 Å². The van der Waals surface area contributed by atoms with Crippen molar-refractivity contribution in [1.82, 2.24) is 0 Å². The number of anilines is 1. The number of non-ortho nitro benzene ring substituents is 1. The molecule has 0 aliphatic rings. The van der Waals surface area contributed by atoms with Crippen molar-refractivity contribution in [3.05, 3.63) is 69.3 Å². The first kappa shape index (κ1) is 15.0. The van der Waals surface area contributed by atoms with Crippen LogP contribution in [0.2, 0.25) is 0 Å². The lowest BCUT2D eigenvalue weighted by atomic mass is 10.0. The quantitative estimate of drug-likeness (QED) is 0.635. The molecule has 0 radical (unpaired) electrons. The maximum Gasteiger partial charge on any atom is 0.269 e. The topological polar surface area (TPSA) is 55.2 Å². The standard InChI is InChI=1S/C17H20N2O2/c1-4-16(14-8-6-9-15(11-14)19(20)21)18-17-10-5-7-12(2)13(17)3/h5-11,16,18H,4H2,1-3H3. The Bertz CT molecular complexity index is 653. The van der Waals surface area contributed by atoms with E-state index in [9.17, 15) is 10.1 Å². The van der Waals surface area contributed by atoms with E-state index >= 15 is 0 Å². The molecule has 2 rings (SSSR count). The molecular weight excluding hydrogens is 264 g/mol. The minimum atomic E-state index is -0.353. The fourth-order valence-corrected chi connectivity index (χ4v) is 2.37. The molecule has 0 fully saturated rings. The summed E-state index contributed by atoms with van der Waals surface area (Å²) < 4.78 is 0. The van der Waals surface area contributed by atoms with Gasteiger partial charge in [-0.1, -0.05) is 31.2 Å². The molecule has 0 saturated carbocycles. The van der Waals surface area contributed by atoms with Crippen LogP contribution >= 0.6 is 0 Å². The molecule has 0 amide bonds. The molecule has 21 heavy (non-hydrogen) atoms. The number of nitro benzene ring substituents is 1. The van der Waals surface area contributed by atoms with Crippen LogP contribution in [-0.2, 0) is 0 Å². The summed E-state index contributed by atoms with van der Waals surface area (Å²) in [6.45, 7) is 6.23. The molecule has 0 heterocycles. The highest BCUT2D eigenvalue weighted by Gasteiger charge is 2.14. The van der Waals surface area contributed by atoms with E-state index in [2.05, 4.69) is 32.2 Å². The number of hydrogen-bond acceptors (Lipinski definition) is 3. The van der Waals surface area contributed by atoms with Crippen LogP contribution in [0.15, 0.2) is 42.5 Å². The number of rotatable bonds is 5. The van der Waals surface area contributed by atoms with Crippen LogP contribution in [0.4, 0.5) is 11.4 Å². The molecule has 2 aromatic carbocycles. The van der Waals surface area contributed by atoms with E-state index in [1.165, 1.54) is 17.2 Å². The van der Waals surface area contributed by atoms with Crippen molar-refractivity contribution in [2.75, 3.05) is 5.32 Å². The Labute approximate surface area is 125 Å². The SMILES string of the molecule is CCC(Nc1cccc(C)c1C)c1cccc([N+](=O)[O-])c1. The fourth-order valence-electron chi connectivity index (χ4n) is 2.37. The van der Waals surface area contributed by atoms with E-state index in [0.29, 0.717) is 0 Å². The molecule has 4 nitrogen and oxygen atoms in total. The third kappa shape index (κ3) is 3.40. The molecule has 110 valence electrons. The second kappa shape index (κ2) is 6.39. The smallest absolute Gasteiger partial charge is 0.269 e. The molecule has 0 aliphatic carbocycles. The van der Waals surface area contributed by atoms with Crippen LogP contribution < -0.4 is 5.32 Å². The Hall–Kier alpha value is -2.36. The van der Waals surface area contributed by atoms with Gasteiger partial charge in [-0.2, -0.15) is 0 Å². The van der Waals surface area contributed by atoms with Gasteiger partial charge in [-0.15, -0.1) is 0 Å². The van der Waals surface area contributed by atoms with Crippen LogP contribution in [-0.4, -0.2) is 4.92 Å². The van der Waals surface area contributed by atoms with E-state index in [-0.39, 0.29) is 16.7 Å². The minimum Gasteiger partial charge on any atom is -0.378 e. The Kier molecular flexibility index (Phi) is 4.58. The lowest BCUT2D eigenvalue weighted by Gasteiger charge is -2.21. The Balaban J connectivity index is 2.30. The summed E-state index contributed by atoms with van der Waals surface area (Å²) in [6, 6.07) is 13.0. The summed E-state index contributed by atoms with van der Waals surface area (Å²) in [4.78, 5) is 10.6. The number of nitrogens with zero attached hydrogens (tertiary/aromatic N) is 1. The second-order valence-electron chi connectivity index (χ2n) is 5.20. The number of nitrogens with one attached hydrogen (secondary N) is 1. The molecule has 0 spiro atoms. The molecule has 1 atom stereocenters.